The summed E-state index contributed by atoms with van der Waals surface area (Å²) in [4.78, 5) is 11.0. The number of likely N-dealkylation sites (N-methyl/N-ethyl adjacent to an activating group) is 1. The minimum absolute atomic E-state index is 0.274. The first-order valence-electron chi connectivity index (χ1n) is 7.33. The molecule has 1 atom stereocenters. The van der Waals surface area contributed by atoms with E-state index in [4.69, 9.17) is 5.73 Å². The molecular weight excluding hydrogens is 250 g/mol. The third-order valence-corrected chi connectivity index (χ3v) is 2.97. The van der Waals surface area contributed by atoms with Crippen molar-refractivity contribution < 1.29 is 0 Å². The molecule has 0 saturated heterocycles. The number of nitrogens with one attached hydrogen (secondary N) is 1. The maximum Gasteiger partial charge on any atom is 0.135 e. The monoisotopic (exact) mass is 279 g/mol. The van der Waals surface area contributed by atoms with E-state index in [1.54, 1.807) is 0 Å². The number of hydrogen-bond donors (Lipinski definition) is 2. The van der Waals surface area contributed by atoms with Crippen LogP contribution < -0.4 is 11.1 Å². The second kappa shape index (κ2) is 7.43. The maximum absolute atomic E-state index is 5.87. The molecule has 0 radical (unpaired) electrons. The molecule has 20 heavy (non-hydrogen) atoms. The van der Waals surface area contributed by atoms with Crippen LogP contribution in [0.5, 0.6) is 0 Å². The van der Waals surface area contributed by atoms with Crippen molar-refractivity contribution in [1.29, 1.82) is 0 Å². The van der Waals surface area contributed by atoms with Crippen molar-refractivity contribution in [3.63, 3.8) is 0 Å². The number of anilines is 2. The molecule has 0 aromatic carbocycles. The predicted molar refractivity (Wildman–Crippen MR) is 86.0 cm³/mol. The Kier molecular flexibility index (Phi) is 6.20. The lowest BCUT2D eigenvalue weighted by atomic mass is 10.0. The van der Waals surface area contributed by atoms with E-state index >= 15 is 0 Å². The van der Waals surface area contributed by atoms with E-state index in [-0.39, 0.29) is 5.92 Å². The minimum Gasteiger partial charge on any atom is -0.384 e. The molecule has 5 heteroatoms. The van der Waals surface area contributed by atoms with Gasteiger partial charge < -0.3 is 16.0 Å². The Balaban J connectivity index is 2.86. The highest BCUT2D eigenvalue weighted by atomic mass is 15.1. The summed E-state index contributed by atoms with van der Waals surface area (Å²) >= 11 is 0. The zero-order valence-corrected chi connectivity index (χ0v) is 13.6. The lowest BCUT2D eigenvalue weighted by Gasteiger charge is -2.24. The summed E-state index contributed by atoms with van der Waals surface area (Å²) in [5, 5.41) is 3.50. The average molecular weight is 279 g/mol. The van der Waals surface area contributed by atoms with Crippen LogP contribution >= 0.6 is 0 Å². The number of hydrogen-bond acceptors (Lipinski definition) is 5. The lowest BCUT2D eigenvalue weighted by Crippen LogP contribution is -2.34. The van der Waals surface area contributed by atoms with E-state index < -0.39 is 0 Å². The summed E-state index contributed by atoms with van der Waals surface area (Å²) in [6.07, 6.45) is 1.10. The van der Waals surface area contributed by atoms with Gasteiger partial charge in [0.2, 0.25) is 0 Å². The second-order valence-corrected chi connectivity index (χ2v) is 6.42. The summed E-state index contributed by atoms with van der Waals surface area (Å²) in [6.45, 7) is 9.59. The van der Waals surface area contributed by atoms with Gasteiger partial charge in [-0.15, -0.1) is 0 Å². The molecule has 1 heterocycles. The Hall–Kier alpha value is -1.36. The van der Waals surface area contributed by atoms with Crippen LogP contribution in [0.1, 0.15) is 45.9 Å². The smallest absolute Gasteiger partial charge is 0.135 e. The molecule has 0 spiro atoms. The molecule has 114 valence electrons. The van der Waals surface area contributed by atoms with Gasteiger partial charge in [-0.3, -0.25) is 0 Å². The second-order valence-electron chi connectivity index (χ2n) is 6.42. The summed E-state index contributed by atoms with van der Waals surface area (Å²) < 4.78 is 0. The van der Waals surface area contributed by atoms with Gasteiger partial charge in [-0.2, -0.15) is 0 Å². The first-order chi connectivity index (χ1) is 9.27. The molecule has 1 rings (SSSR count). The predicted octanol–water partition coefficient (Wildman–Crippen LogP) is 2.57. The minimum atomic E-state index is 0.274. The van der Waals surface area contributed by atoms with Gasteiger partial charge in [-0.25, -0.2) is 9.97 Å². The van der Waals surface area contributed by atoms with E-state index in [1.165, 1.54) is 0 Å². The Morgan fingerprint density at radius 3 is 2.35 bits per heavy atom. The van der Waals surface area contributed by atoms with Crippen LogP contribution in [0.2, 0.25) is 0 Å². The Labute approximate surface area is 123 Å². The van der Waals surface area contributed by atoms with Crippen molar-refractivity contribution in [2.75, 3.05) is 31.7 Å². The normalized spacial score (nSPS) is 13.2. The fraction of sp³-hybridized carbons (Fsp3) is 0.733. The highest BCUT2D eigenvalue weighted by molar-refractivity contribution is 5.45. The lowest BCUT2D eigenvalue weighted by molar-refractivity contribution is 0.356. The zero-order valence-electron chi connectivity index (χ0n) is 13.6. The van der Waals surface area contributed by atoms with Crippen molar-refractivity contribution >= 4 is 11.6 Å². The first-order valence-corrected chi connectivity index (χ1v) is 7.33. The molecule has 0 amide bonds. The molecule has 1 aromatic rings. The Morgan fingerprint density at radius 2 is 1.85 bits per heavy atom. The molecule has 0 saturated carbocycles. The van der Waals surface area contributed by atoms with Crippen LogP contribution in [-0.2, 0) is 0 Å². The van der Waals surface area contributed by atoms with Crippen LogP contribution in [-0.4, -0.2) is 41.5 Å². The van der Waals surface area contributed by atoms with Gasteiger partial charge >= 0.3 is 0 Å². The molecular formula is C15H29N5. The summed E-state index contributed by atoms with van der Waals surface area (Å²) in [6, 6.07) is 2.17. The largest absolute Gasteiger partial charge is 0.384 e. The molecule has 1 unspecified atom stereocenters. The summed E-state index contributed by atoms with van der Waals surface area (Å²) in [5.74, 6) is 3.06. The number of rotatable bonds is 7. The van der Waals surface area contributed by atoms with Crippen molar-refractivity contribution in [3.8, 4) is 0 Å². The van der Waals surface area contributed by atoms with E-state index in [0.717, 1.165) is 24.6 Å². The summed E-state index contributed by atoms with van der Waals surface area (Å²) in [7, 11) is 4.17. The van der Waals surface area contributed by atoms with E-state index in [2.05, 4.69) is 62.0 Å². The van der Waals surface area contributed by atoms with Crippen molar-refractivity contribution in [2.45, 2.75) is 46.1 Å². The highest BCUT2D eigenvalue weighted by Crippen LogP contribution is 2.17. The Bertz CT molecular complexity index is 405. The molecule has 0 fully saturated rings. The van der Waals surface area contributed by atoms with Gasteiger partial charge in [0.05, 0.1) is 0 Å². The fourth-order valence-corrected chi connectivity index (χ4v) is 2.22. The Morgan fingerprint density at radius 1 is 1.20 bits per heavy atom. The van der Waals surface area contributed by atoms with E-state index in [0.29, 0.717) is 17.8 Å². The van der Waals surface area contributed by atoms with Crippen molar-refractivity contribution in [2.24, 2.45) is 5.92 Å². The molecule has 5 nitrogen and oxygen atoms in total. The average Bonchev–Trinajstić information content (AvgIpc) is 2.25. The third-order valence-electron chi connectivity index (χ3n) is 2.97. The van der Waals surface area contributed by atoms with Gasteiger partial charge in [0, 0.05) is 24.6 Å². The van der Waals surface area contributed by atoms with Gasteiger partial charge in [-0.1, -0.05) is 27.7 Å². The quantitative estimate of drug-likeness (QED) is 0.803. The molecule has 0 aliphatic rings. The first kappa shape index (κ1) is 16.7. The molecule has 3 N–H and O–H groups in total. The van der Waals surface area contributed by atoms with Crippen LogP contribution in [0.3, 0.4) is 0 Å². The van der Waals surface area contributed by atoms with Crippen LogP contribution in [0, 0.1) is 5.92 Å². The van der Waals surface area contributed by atoms with Crippen LogP contribution in [0.4, 0.5) is 11.6 Å². The number of nitrogens with zero attached hydrogens (tertiary/aromatic N) is 3. The molecule has 0 aliphatic heterocycles. The van der Waals surface area contributed by atoms with Gasteiger partial charge in [-0.05, 0) is 26.4 Å². The van der Waals surface area contributed by atoms with Gasteiger partial charge in [0.1, 0.15) is 17.5 Å². The molecule has 1 aromatic heterocycles. The number of nitrogens with two attached hydrogens (primary N) is 1. The summed E-state index contributed by atoms with van der Waals surface area (Å²) in [5.41, 5.74) is 5.87. The zero-order chi connectivity index (χ0) is 15.3. The van der Waals surface area contributed by atoms with Gasteiger partial charge in [0.25, 0.3) is 0 Å². The van der Waals surface area contributed by atoms with Crippen LogP contribution in [0.25, 0.3) is 0 Å². The maximum atomic E-state index is 5.87. The SMILES string of the molecule is CC(C)CC(CN(C)C)Nc1cc(N)nc(C(C)C)n1. The van der Waals surface area contributed by atoms with Crippen LogP contribution in [0.15, 0.2) is 6.07 Å². The third kappa shape index (κ3) is 5.74. The fourth-order valence-electron chi connectivity index (χ4n) is 2.22. The number of aromatic nitrogens is 2. The standard InChI is InChI=1S/C15H29N5/c1-10(2)7-12(9-20(5)6)17-14-8-13(16)18-15(19-14)11(3)4/h8,10-12H,7,9H2,1-6H3,(H3,16,17,18,19). The van der Waals surface area contributed by atoms with Gasteiger partial charge in [0.15, 0.2) is 0 Å². The van der Waals surface area contributed by atoms with Crippen molar-refractivity contribution in [3.05, 3.63) is 11.9 Å². The molecule has 0 aliphatic carbocycles. The molecule has 0 bridgehead atoms. The number of nitrogen functional groups attached to an aromatic ring is 1. The highest BCUT2D eigenvalue weighted by Gasteiger charge is 2.14. The van der Waals surface area contributed by atoms with Crippen molar-refractivity contribution in [1.82, 2.24) is 14.9 Å². The van der Waals surface area contributed by atoms with E-state index in [1.807, 2.05) is 6.07 Å². The topological polar surface area (TPSA) is 67.1 Å². The van der Waals surface area contributed by atoms with E-state index in [9.17, 15) is 0 Å².